The summed E-state index contributed by atoms with van der Waals surface area (Å²) in [5.41, 5.74) is 0.768. The molecule has 166 valence electrons. The van der Waals surface area contributed by atoms with Crippen LogP contribution in [0.1, 0.15) is 28.1 Å². The first kappa shape index (κ1) is 22.6. The minimum atomic E-state index is -0.538. The number of likely N-dealkylation sites (tertiary alicyclic amines) is 1. The van der Waals surface area contributed by atoms with E-state index < -0.39 is 6.04 Å². The fourth-order valence-corrected chi connectivity index (χ4v) is 5.31. The van der Waals surface area contributed by atoms with Gasteiger partial charge in [-0.05, 0) is 59.8 Å². The van der Waals surface area contributed by atoms with Crippen molar-refractivity contribution in [3.63, 3.8) is 0 Å². The lowest BCUT2D eigenvalue weighted by Crippen LogP contribution is -2.47. The van der Waals surface area contributed by atoms with Crippen molar-refractivity contribution < 1.29 is 19.2 Å². The van der Waals surface area contributed by atoms with Crippen molar-refractivity contribution in [1.29, 1.82) is 0 Å². The van der Waals surface area contributed by atoms with Crippen LogP contribution in [0.2, 0.25) is 5.02 Å². The van der Waals surface area contributed by atoms with Gasteiger partial charge in [0.1, 0.15) is 6.04 Å². The van der Waals surface area contributed by atoms with E-state index in [2.05, 4.69) is 5.32 Å². The number of halogens is 1. The molecule has 2 aromatic rings. The van der Waals surface area contributed by atoms with E-state index in [1.54, 1.807) is 47.4 Å². The first-order chi connectivity index (χ1) is 15.4. The van der Waals surface area contributed by atoms with Gasteiger partial charge in [0.25, 0.3) is 17.1 Å². The van der Waals surface area contributed by atoms with E-state index in [-0.39, 0.29) is 36.1 Å². The monoisotopic (exact) mass is 489 g/mol. The summed E-state index contributed by atoms with van der Waals surface area (Å²) in [4.78, 5) is 53.9. The van der Waals surface area contributed by atoms with Crippen LogP contribution in [-0.4, -0.2) is 58.4 Å². The van der Waals surface area contributed by atoms with Crippen LogP contribution in [0.5, 0.6) is 0 Å². The van der Waals surface area contributed by atoms with Crippen molar-refractivity contribution in [2.75, 3.05) is 19.6 Å². The summed E-state index contributed by atoms with van der Waals surface area (Å²) in [6.07, 6.45) is 2.99. The number of amides is 4. The van der Waals surface area contributed by atoms with E-state index in [1.165, 1.54) is 11.3 Å². The number of thioether (sulfide) groups is 1. The lowest BCUT2D eigenvalue weighted by Gasteiger charge is -2.23. The highest BCUT2D eigenvalue weighted by Gasteiger charge is 2.36. The quantitative estimate of drug-likeness (QED) is 0.622. The zero-order valence-corrected chi connectivity index (χ0v) is 19.3. The number of imide groups is 1. The zero-order chi connectivity index (χ0) is 22.7. The van der Waals surface area contributed by atoms with Crippen LogP contribution in [0.15, 0.2) is 46.7 Å². The Balaban J connectivity index is 1.32. The third-order valence-electron chi connectivity index (χ3n) is 5.22. The molecule has 32 heavy (non-hydrogen) atoms. The van der Waals surface area contributed by atoms with E-state index in [0.29, 0.717) is 27.8 Å². The van der Waals surface area contributed by atoms with Gasteiger partial charge in [-0.25, -0.2) is 0 Å². The van der Waals surface area contributed by atoms with Crippen molar-refractivity contribution in [3.8, 4) is 0 Å². The minimum absolute atomic E-state index is 0.0694. The van der Waals surface area contributed by atoms with Crippen LogP contribution in [0.25, 0.3) is 6.08 Å². The normalized spacial score (nSPS) is 19.8. The molecule has 2 aliphatic heterocycles. The molecule has 1 aromatic heterocycles. The summed E-state index contributed by atoms with van der Waals surface area (Å²) in [5, 5.41) is 4.82. The highest BCUT2D eigenvalue weighted by atomic mass is 35.5. The van der Waals surface area contributed by atoms with Crippen LogP contribution < -0.4 is 5.32 Å². The second-order valence-electron chi connectivity index (χ2n) is 7.31. The van der Waals surface area contributed by atoms with Crippen LogP contribution >= 0.6 is 34.7 Å². The largest absolute Gasteiger partial charge is 0.353 e. The molecule has 0 bridgehead atoms. The Bertz CT molecular complexity index is 1070. The fraction of sp³-hybridized carbons (Fsp3) is 0.273. The van der Waals surface area contributed by atoms with Crippen LogP contribution in [0.4, 0.5) is 4.79 Å². The number of rotatable bonds is 6. The van der Waals surface area contributed by atoms with Crippen molar-refractivity contribution in [3.05, 3.63) is 62.1 Å². The molecular formula is C22H20ClN3O4S2. The van der Waals surface area contributed by atoms with Gasteiger partial charge >= 0.3 is 0 Å². The molecule has 2 saturated heterocycles. The first-order valence-corrected chi connectivity index (χ1v) is 12.1. The summed E-state index contributed by atoms with van der Waals surface area (Å²) in [7, 11) is 0. The maximum atomic E-state index is 12.7. The van der Waals surface area contributed by atoms with Gasteiger partial charge in [0.2, 0.25) is 5.91 Å². The number of carbonyl (C=O) groups is 4. The van der Waals surface area contributed by atoms with Crippen molar-refractivity contribution in [2.24, 2.45) is 0 Å². The topological polar surface area (TPSA) is 86.8 Å². The van der Waals surface area contributed by atoms with E-state index >= 15 is 0 Å². The van der Waals surface area contributed by atoms with Crippen LogP contribution in [-0.2, 0) is 9.59 Å². The molecule has 0 aliphatic carbocycles. The summed E-state index contributed by atoms with van der Waals surface area (Å²) in [5.74, 6) is -0.799. The molecule has 2 aliphatic rings. The molecule has 4 amide bonds. The number of nitrogens with one attached hydrogen (secondary N) is 1. The Morgan fingerprint density at radius 2 is 1.97 bits per heavy atom. The molecule has 0 unspecified atom stereocenters. The second-order valence-corrected chi connectivity index (χ2v) is 9.69. The molecule has 1 aromatic carbocycles. The summed E-state index contributed by atoms with van der Waals surface area (Å²) in [6, 6.07) is 9.97. The number of hydrogen-bond acceptors (Lipinski definition) is 6. The lowest BCUT2D eigenvalue weighted by molar-refractivity contribution is -0.126. The number of benzene rings is 1. The van der Waals surface area contributed by atoms with E-state index in [9.17, 15) is 19.2 Å². The predicted molar refractivity (Wildman–Crippen MR) is 126 cm³/mol. The molecule has 4 rings (SSSR count). The molecule has 2 fully saturated rings. The van der Waals surface area contributed by atoms with Gasteiger partial charge in [-0.2, -0.15) is 0 Å². The average molecular weight is 490 g/mol. The zero-order valence-electron chi connectivity index (χ0n) is 17.0. The Morgan fingerprint density at radius 3 is 2.69 bits per heavy atom. The average Bonchev–Trinajstić information content (AvgIpc) is 3.53. The van der Waals surface area contributed by atoms with Gasteiger partial charge in [-0.3, -0.25) is 24.1 Å². The van der Waals surface area contributed by atoms with Gasteiger partial charge in [-0.1, -0.05) is 29.8 Å². The Kier molecular flexibility index (Phi) is 6.98. The van der Waals surface area contributed by atoms with E-state index in [4.69, 9.17) is 11.6 Å². The highest BCUT2D eigenvalue weighted by molar-refractivity contribution is 8.18. The summed E-state index contributed by atoms with van der Waals surface area (Å²) in [6.45, 7) is 0.732. The molecule has 0 spiro atoms. The molecule has 10 heteroatoms. The molecule has 7 nitrogen and oxygen atoms in total. The molecule has 0 radical (unpaired) electrons. The second kappa shape index (κ2) is 9.89. The predicted octanol–water partition coefficient (Wildman–Crippen LogP) is 3.86. The third kappa shape index (κ3) is 4.90. The Hall–Kier alpha value is -2.62. The van der Waals surface area contributed by atoms with Crippen molar-refractivity contribution in [1.82, 2.24) is 15.1 Å². The van der Waals surface area contributed by atoms with Crippen LogP contribution in [0, 0.1) is 0 Å². The van der Waals surface area contributed by atoms with E-state index in [1.807, 2.05) is 5.38 Å². The standard InChI is InChI=1S/C22H20ClN3O4S2/c23-15-7-5-14(6-8-15)13-18-21(29)26(22(30)32-18)11-9-24-19(27)16-3-1-10-25(16)20(28)17-4-2-12-31-17/h2,4-8,12-13,16H,1,3,9-11H2,(H,24,27)/b18-13-/t16-/m0/s1. The number of thiophene rings is 1. The third-order valence-corrected chi connectivity index (χ3v) is 7.24. The minimum Gasteiger partial charge on any atom is -0.353 e. The van der Waals surface area contributed by atoms with Gasteiger partial charge in [0.15, 0.2) is 0 Å². The van der Waals surface area contributed by atoms with E-state index in [0.717, 1.165) is 28.6 Å². The summed E-state index contributed by atoms with van der Waals surface area (Å²) >= 11 is 8.09. The number of carbonyl (C=O) groups excluding carboxylic acids is 4. The SMILES string of the molecule is O=C(NCCN1C(=O)S/C(=C\c2ccc(Cl)cc2)C1=O)[C@@H]1CCCN1C(=O)c1cccs1. The maximum absolute atomic E-state index is 12.7. The molecule has 1 atom stereocenters. The molecule has 3 heterocycles. The highest BCUT2D eigenvalue weighted by Crippen LogP contribution is 2.32. The van der Waals surface area contributed by atoms with Crippen molar-refractivity contribution in [2.45, 2.75) is 18.9 Å². The fourth-order valence-electron chi connectivity index (χ4n) is 3.64. The number of hydrogen-bond donors (Lipinski definition) is 1. The van der Waals surface area contributed by atoms with Crippen molar-refractivity contribution >= 4 is 63.7 Å². The Morgan fingerprint density at radius 1 is 1.19 bits per heavy atom. The Labute approximate surface area is 198 Å². The smallest absolute Gasteiger partial charge is 0.293 e. The molecule has 1 N–H and O–H groups in total. The molecule has 0 saturated carbocycles. The van der Waals surface area contributed by atoms with Crippen LogP contribution in [0.3, 0.4) is 0 Å². The summed E-state index contributed by atoms with van der Waals surface area (Å²) < 4.78 is 0. The maximum Gasteiger partial charge on any atom is 0.293 e. The number of nitrogens with zero attached hydrogens (tertiary/aromatic N) is 2. The first-order valence-electron chi connectivity index (χ1n) is 10.1. The lowest BCUT2D eigenvalue weighted by atomic mass is 10.2. The van der Waals surface area contributed by atoms with Gasteiger partial charge in [0, 0.05) is 24.7 Å². The van der Waals surface area contributed by atoms with Gasteiger partial charge in [-0.15, -0.1) is 11.3 Å². The van der Waals surface area contributed by atoms with Gasteiger partial charge in [0.05, 0.1) is 9.78 Å². The van der Waals surface area contributed by atoms with Gasteiger partial charge < -0.3 is 10.2 Å². The molecular weight excluding hydrogens is 470 g/mol.